The van der Waals surface area contributed by atoms with Crippen molar-refractivity contribution in [3.8, 4) is 0 Å². The molecule has 0 fully saturated rings. The van der Waals surface area contributed by atoms with E-state index in [2.05, 4.69) is 26.0 Å². The van der Waals surface area contributed by atoms with E-state index in [1.54, 1.807) is 0 Å². The zero-order chi connectivity index (χ0) is 9.03. The molecule has 1 rings (SSSR count). The molecule has 0 heterocycles. The van der Waals surface area contributed by atoms with E-state index >= 15 is 0 Å². The summed E-state index contributed by atoms with van der Waals surface area (Å²) in [5.74, 6) is 0.528. The molecule has 0 radical (unpaired) electrons. The van der Waals surface area contributed by atoms with Gasteiger partial charge in [0.2, 0.25) is 0 Å². The molecule has 0 aromatic heterocycles. The molecule has 12 heavy (non-hydrogen) atoms. The summed E-state index contributed by atoms with van der Waals surface area (Å²) in [6.07, 6.45) is 9.82. The molecule has 2 unspecified atom stereocenters. The molecular weight excluding hydrogens is 148 g/mol. The van der Waals surface area contributed by atoms with E-state index in [-0.39, 0.29) is 0 Å². The van der Waals surface area contributed by atoms with Gasteiger partial charge in [0.25, 0.3) is 0 Å². The van der Waals surface area contributed by atoms with Crippen molar-refractivity contribution < 1.29 is 4.79 Å². The highest BCUT2D eigenvalue weighted by atomic mass is 16.1. The molecule has 1 aliphatic rings. The van der Waals surface area contributed by atoms with E-state index in [9.17, 15) is 4.79 Å². The van der Waals surface area contributed by atoms with Gasteiger partial charge in [-0.05, 0) is 30.6 Å². The first-order chi connectivity index (χ1) is 5.69. The highest BCUT2D eigenvalue weighted by Crippen LogP contribution is 2.40. The lowest BCUT2D eigenvalue weighted by Gasteiger charge is -2.36. The van der Waals surface area contributed by atoms with Crippen LogP contribution in [0, 0.1) is 11.3 Å². The minimum Gasteiger partial charge on any atom is -0.303 e. The topological polar surface area (TPSA) is 17.1 Å². The van der Waals surface area contributed by atoms with Crippen LogP contribution in [0.2, 0.25) is 0 Å². The lowest BCUT2D eigenvalue weighted by atomic mass is 9.69. The summed E-state index contributed by atoms with van der Waals surface area (Å²) in [6.45, 7) is 4.48. The smallest absolute Gasteiger partial charge is 0.120 e. The Hall–Kier alpha value is -0.590. The molecule has 0 saturated heterocycles. The number of carbonyl (C=O) groups excluding carboxylic acids is 1. The molecular formula is C11H18O. The first-order valence-corrected chi connectivity index (χ1v) is 4.78. The normalized spacial score (nSPS) is 31.5. The highest BCUT2D eigenvalue weighted by Gasteiger charge is 2.30. The van der Waals surface area contributed by atoms with Gasteiger partial charge in [0.05, 0.1) is 0 Å². The Morgan fingerprint density at radius 2 is 2.33 bits per heavy atom. The molecule has 1 heteroatoms. The zero-order valence-corrected chi connectivity index (χ0v) is 8.05. The Labute approximate surface area is 74.9 Å². The van der Waals surface area contributed by atoms with Gasteiger partial charge in [-0.15, -0.1) is 0 Å². The average Bonchev–Trinajstić information content (AvgIpc) is 2.06. The maximum absolute atomic E-state index is 10.4. The van der Waals surface area contributed by atoms with E-state index in [0.29, 0.717) is 17.8 Å². The van der Waals surface area contributed by atoms with E-state index in [1.807, 2.05) is 0 Å². The average molecular weight is 166 g/mol. The Bertz CT molecular complexity index is 183. The highest BCUT2D eigenvalue weighted by molar-refractivity contribution is 5.49. The Morgan fingerprint density at radius 3 is 2.83 bits per heavy atom. The molecule has 0 bridgehead atoms. The molecule has 0 saturated carbocycles. The summed E-state index contributed by atoms with van der Waals surface area (Å²) < 4.78 is 0. The zero-order valence-electron chi connectivity index (χ0n) is 8.05. The lowest BCUT2D eigenvalue weighted by molar-refractivity contribution is -0.109. The molecule has 0 aliphatic heterocycles. The standard InChI is InChI=1S/C11H18O/c1-10(6-9-12)11(2)7-4-3-5-8-11/h3-4,9-10H,5-8H2,1-2H3. The fourth-order valence-electron chi connectivity index (χ4n) is 1.86. The molecule has 1 aliphatic carbocycles. The molecule has 0 aromatic rings. The molecule has 68 valence electrons. The Morgan fingerprint density at radius 1 is 1.58 bits per heavy atom. The second-order valence-corrected chi connectivity index (χ2v) is 4.17. The van der Waals surface area contributed by atoms with Gasteiger partial charge in [0.15, 0.2) is 0 Å². The van der Waals surface area contributed by atoms with Crippen molar-refractivity contribution >= 4 is 6.29 Å². The third-order valence-electron chi connectivity index (χ3n) is 3.27. The van der Waals surface area contributed by atoms with Crippen LogP contribution >= 0.6 is 0 Å². The van der Waals surface area contributed by atoms with Crippen molar-refractivity contribution in [2.24, 2.45) is 11.3 Å². The van der Waals surface area contributed by atoms with Crippen LogP contribution in [0.3, 0.4) is 0 Å². The minimum absolute atomic E-state index is 0.371. The van der Waals surface area contributed by atoms with Crippen molar-refractivity contribution in [2.45, 2.75) is 39.5 Å². The number of carbonyl (C=O) groups is 1. The quantitative estimate of drug-likeness (QED) is 0.465. The molecule has 2 atom stereocenters. The molecule has 0 amide bonds. The van der Waals surface area contributed by atoms with Crippen molar-refractivity contribution in [2.75, 3.05) is 0 Å². The largest absolute Gasteiger partial charge is 0.303 e. The minimum atomic E-state index is 0.371. The SMILES string of the molecule is CC(CC=O)C1(C)CC=CCC1. The summed E-state index contributed by atoms with van der Waals surface area (Å²) in [5, 5.41) is 0. The van der Waals surface area contributed by atoms with Crippen LogP contribution in [0.25, 0.3) is 0 Å². The fraction of sp³-hybridized carbons (Fsp3) is 0.727. The van der Waals surface area contributed by atoms with Gasteiger partial charge in [-0.3, -0.25) is 0 Å². The maximum atomic E-state index is 10.4. The number of hydrogen-bond donors (Lipinski definition) is 0. The van der Waals surface area contributed by atoms with Gasteiger partial charge in [-0.25, -0.2) is 0 Å². The summed E-state index contributed by atoms with van der Waals surface area (Å²) in [4.78, 5) is 10.4. The van der Waals surface area contributed by atoms with Crippen LogP contribution in [0.5, 0.6) is 0 Å². The van der Waals surface area contributed by atoms with Crippen molar-refractivity contribution in [3.05, 3.63) is 12.2 Å². The second kappa shape index (κ2) is 3.88. The van der Waals surface area contributed by atoms with E-state index < -0.39 is 0 Å². The van der Waals surface area contributed by atoms with Crippen LogP contribution in [-0.2, 0) is 4.79 Å². The fourth-order valence-corrected chi connectivity index (χ4v) is 1.86. The molecule has 0 aromatic carbocycles. The van der Waals surface area contributed by atoms with Crippen LogP contribution < -0.4 is 0 Å². The van der Waals surface area contributed by atoms with Gasteiger partial charge in [-0.1, -0.05) is 26.0 Å². The first kappa shape index (κ1) is 9.50. The maximum Gasteiger partial charge on any atom is 0.120 e. The first-order valence-electron chi connectivity index (χ1n) is 4.78. The number of rotatable bonds is 3. The summed E-state index contributed by atoms with van der Waals surface area (Å²) in [7, 11) is 0. The van der Waals surface area contributed by atoms with Crippen LogP contribution in [-0.4, -0.2) is 6.29 Å². The third kappa shape index (κ3) is 1.96. The van der Waals surface area contributed by atoms with Crippen molar-refractivity contribution in [1.29, 1.82) is 0 Å². The molecule has 0 spiro atoms. The predicted octanol–water partition coefficient (Wildman–Crippen LogP) is 2.96. The second-order valence-electron chi connectivity index (χ2n) is 4.17. The van der Waals surface area contributed by atoms with E-state index in [0.717, 1.165) is 12.7 Å². The number of allylic oxidation sites excluding steroid dienone is 2. The molecule has 1 nitrogen and oxygen atoms in total. The Kier molecular flexibility index (Phi) is 3.07. The van der Waals surface area contributed by atoms with Gasteiger partial charge >= 0.3 is 0 Å². The van der Waals surface area contributed by atoms with Crippen LogP contribution in [0.15, 0.2) is 12.2 Å². The van der Waals surface area contributed by atoms with Gasteiger partial charge < -0.3 is 4.79 Å². The van der Waals surface area contributed by atoms with E-state index in [1.165, 1.54) is 12.8 Å². The lowest BCUT2D eigenvalue weighted by Crippen LogP contribution is -2.26. The number of aldehydes is 1. The van der Waals surface area contributed by atoms with Gasteiger partial charge in [0.1, 0.15) is 6.29 Å². The van der Waals surface area contributed by atoms with Gasteiger partial charge in [-0.2, -0.15) is 0 Å². The van der Waals surface area contributed by atoms with Crippen molar-refractivity contribution in [3.63, 3.8) is 0 Å². The predicted molar refractivity (Wildman–Crippen MR) is 50.9 cm³/mol. The van der Waals surface area contributed by atoms with Crippen LogP contribution in [0.4, 0.5) is 0 Å². The monoisotopic (exact) mass is 166 g/mol. The summed E-state index contributed by atoms with van der Waals surface area (Å²) in [6, 6.07) is 0. The Balaban J connectivity index is 2.57. The molecule has 0 N–H and O–H groups in total. The number of hydrogen-bond acceptors (Lipinski definition) is 1. The third-order valence-corrected chi connectivity index (χ3v) is 3.27. The van der Waals surface area contributed by atoms with Crippen LogP contribution in [0.1, 0.15) is 39.5 Å². The summed E-state index contributed by atoms with van der Waals surface area (Å²) in [5.41, 5.74) is 0.371. The van der Waals surface area contributed by atoms with Gasteiger partial charge in [0, 0.05) is 6.42 Å². The van der Waals surface area contributed by atoms with Crippen molar-refractivity contribution in [1.82, 2.24) is 0 Å². The van der Waals surface area contributed by atoms with E-state index in [4.69, 9.17) is 0 Å². The summed E-state index contributed by atoms with van der Waals surface area (Å²) >= 11 is 0.